The quantitative estimate of drug-likeness (QED) is 0.199. The summed E-state index contributed by atoms with van der Waals surface area (Å²) in [4.78, 5) is 27.8. The van der Waals surface area contributed by atoms with Gasteiger partial charge in [-0.3, -0.25) is 9.36 Å². The van der Waals surface area contributed by atoms with E-state index >= 15 is 4.57 Å². The number of rotatable bonds is 9. The molecule has 42 heavy (non-hydrogen) atoms. The van der Waals surface area contributed by atoms with Gasteiger partial charge >= 0.3 is 6.09 Å². The fourth-order valence-corrected chi connectivity index (χ4v) is 7.45. The van der Waals surface area contributed by atoms with Gasteiger partial charge in [0.25, 0.3) is 0 Å². The van der Waals surface area contributed by atoms with Crippen LogP contribution in [0.2, 0.25) is 5.02 Å². The van der Waals surface area contributed by atoms with Gasteiger partial charge in [-0.15, -0.1) is 0 Å². The second-order valence-electron chi connectivity index (χ2n) is 10.6. The lowest BCUT2D eigenvalue weighted by Crippen LogP contribution is -2.43. The van der Waals surface area contributed by atoms with Gasteiger partial charge in [0.15, 0.2) is 0 Å². The molecule has 0 aliphatic heterocycles. The molecule has 1 atom stereocenters. The van der Waals surface area contributed by atoms with Crippen molar-refractivity contribution >= 4 is 47.2 Å². The highest BCUT2D eigenvalue weighted by molar-refractivity contribution is 7.77. The second-order valence-corrected chi connectivity index (χ2v) is 13.7. The van der Waals surface area contributed by atoms with E-state index in [2.05, 4.69) is 5.32 Å². The number of anilines is 1. The molecule has 1 unspecified atom stereocenters. The van der Waals surface area contributed by atoms with Crippen molar-refractivity contribution in [2.24, 2.45) is 0 Å². The molecule has 4 aromatic carbocycles. The maximum Gasteiger partial charge on any atom is 0.416 e. The van der Waals surface area contributed by atoms with E-state index in [1.54, 1.807) is 125 Å². The zero-order valence-corrected chi connectivity index (χ0v) is 25.6. The normalized spacial score (nSPS) is 12.2. The Bertz CT molecular complexity index is 1500. The largest absolute Gasteiger partial charge is 0.497 e. The van der Waals surface area contributed by atoms with Crippen LogP contribution in [0.4, 0.5) is 10.5 Å². The highest BCUT2D eigenvalue weighted by atomic mass is 35.5. The lowest BCUT2D eigenvalue weighted by molar-refractivity contribution is -0.117. The van der Waals surface area contributed by atoms with Crippen LogP contribution in [-0.2, 0) is 14.1 Å². The van der Waals surface area contributed by atoms with Crippen molar-refractivity contribution in [3.63, 3.8) is 0 Å². The van der Waals surface area contributed by atoms with Crippen LogP contribution >= 0.6 is 18.9 Å². The van der Waals surface area contributed by atoms with Crippen LogP contribution in [-0.4, -0.2) is 29.4 Å². The number of halogens is 1. The average molecular weight is 605 g/mol. The number of carbonyl (C=O) groups is 2. The predicted molar refractivity (Wildman–Crippen MR) is 168 cm³/mol. The van der Waals surface area contributed by atoms with Gasteiger partial charge < -0.3 is 14.8 Å². The van der Waals surface area contributed by atoms with Crippen LogP contribution in [0.3, 0.4) is 0 Å². The Kier molecular flexibility index (Phi) is 9.77. The molecule has 1 N–H and O–H groups in total. The van der Waals surface area contributed by atoms with Crippen molar-refractivity contribution in [3.05, 3.63) is 120 Å². The number of nitrogens with one attached hydrogen (secondary N) is 1. The first-order chi connectivity index (χ1) is 20.0. The Balaban J connectivity index is 1.89. The summed E-state index contributed by atoms with van der Waals surface area (Å²) in [5.74, 6) is 0.260. The lowest BCUT2D eigenvalue weighted by Gasteiger charge is -2.39. The Labute approximate surface area is 251 Å². The molecule has 0 radical (unpaired) electrons. The van der Waals surface area contributed by atoms with Gasteiger partial charge in [-0.05, 0) is 87.0 Å². The maximum absolute atomic E-state index is 15.6. The summed E-state index contributed by atoms with van der Waals surface area (Å²) in [6, 6.07) is 30.3. The number of ether oxygens (including phenoxy) is 2. The minimum Gasteiger partial charge on any atom is -0.497 e. The smallest absolute Gasteiger partial charge is 0.416 e. The SMILES string of the molecule is COc1ccc(NC(=O)CC(c2ccc(Cl)cc2)N(C(=O)OC(C)(C)C)P(=O)(c2ccccc2)c2ccccc2)cc1. The van der Waals surface area contributed by atoms with Crippen LogP contribution in [0.15, 0.2) is 109 Å². The zero-order chi connectivity index (χ0) is 30.3. The third-order valence-corrected chi connectivity index (χ3v) is 9.70. The van der Waals surface area contributed by atoms with Gasteiger partial charge in [0.1, 0.15) is 11.4 Å². The topological polar surface area (TPSA) is 84.9 Å². The molecule has 0 aliphatic rings. The molecule has 218 valence electrons. The second kappa shape index (κ2) is 13.3. The summed E-state index contributed by atoms with van der Waals surface area (Å²) >= 11 is 6.22. The molecular weight excluding hydrogens is 571 g/mol. The van der Waals surface area contributed by atoms with Gasteiger partial charge in [-0.1, -0.05) is 60.1 Å². The average Bonchev–Trinajstić information content (AvgIpc) is 2.97. The van der Waals surface area contributed by atoms with E-state index in [1.165, 1.54) is 4.67 Å². The highest BCUT2D eigenvalue weighted by Gasteiger charge is 2.45. The monoisotopic (exact) mass is 604 g/mol. The molecule has 7 nitrogen and oxygen atoms in total. The van der Waals surface area contributed by atoms with Crippen LogP contribution in [0.1, 0.15) is 38.8 Å². The summed E-state index contributed by atoms with van der Waals surface area (Å²) in [5.41, 5.74) is 0.222. The van der Waals surface area contributed by atoms with E-state index in [0.717, 1.165) is 0 Å². The number of methoxy groups -OCH3 is 1. The first kappa shape index (κ1) is 30.9. The van der Waals surface area contributed by atoms with E-state index in [0.29, 0.717) is 32.6 Å². The molecule has 4 aromatic rings. The summed E-state index contributed by atoms with van der Waals surface area (Å²) in [7, 11) is -2.37. The number of benzene rings is 4. The molecule has 0 aromatic heterocycles. The van der Waals surface area contributed by atoms with Gasteiger partial charge in [-0.2, -0.15) is 0 Å². The molecule has 0 aliphatic carbocycles. The molecule has 0 saturated heterocycles. The Morgan fingerprint density at radius 3 is 1.83 bits per heavy atom. The van der Waals surface area contributed by atoms with E-state index in [9.17, 15) is 9.59 Å². The molecule has 4 rings (SSSR count). The van der Waals surface area contributed by atoms with E-state index < -0.39 is 25.0 Å². The number of carbonyl (C=O) groups excluding carboxylic acids is 2. The Morgan fingerprint density at radius 2 is 1.36 bits per heavy atom. The Hall–Kier alpha value is -4.06. The van der Waals surface area contributed by atoms with Crippen molar-refractivity contribution < 1.29 is 23.6 Å². The fourth-order valence-electron chi connectivity index (χ4n) is 4.50. The summed E-state index contributed by atoms with van der Waals surface area (Å²) in [6.45, 7) is 5.23. The first-order valence-electron chi connectivity index (χ1n) is 13.4. The third-order valence-electron chi connectivity index (χ3n) is 6.40. The molecular formula is C33H34ClN2O5P. The van der Waals surface area contributed by atoms with Crippen molar-refractivity contribution in [3.8, 4) is 5.75 Å². The van der Waals surface area contributed by atoms with Crippen LogP contribution in [0.25, 0.3) is 0 Å². The number of amides is 2. The van der Waals surface area contributed by atoms with Gasteiger partial charge in [-0.25, -0.2) is 9.46 Å². The molecule has 9 heteroatoms. The van der Waals surface area contributed by atoms with E-state index in [-0.39, 0.29) is 12.3 Å². The predicted octanol–water partition coefficient (Wildman–Crippen LogP) is 7.58. The van der Waals surface area contributed by atoms with Crippen molar-refractivity contribution in [1.82, 2.24) is 4.67 Å². The summed E-state index contributed by atoms with van der Waals surface area (Å²) in [6.07, 6.45) is -1.02. The molecule has 2 amide bonds. The maximum atomic E-state index is 15.6. The minimum atomic E-state index is -3.93. The first-order valence-corrected chi connectivity index (χ1v) is 15.5. The molecule has 0 fully saturated rings. The van der Waals surface area contributed by atoms with Crippen molar-refractivity contribution in [2.45, 2.75) is 38.8 Å². The van der Waals surface area contributed by atoms with Crippen LogP contribution in [0, 0.1) is 0 Å². The van der Waals surface area contributed by atoms with Gasteiger partial charge in [0, 0.05) is 21.3 Å². The number of hydrogen-bond acceptors (Lipinski definition) is 5. The lowest BCUT2D eigenvalue weighted by atomic mass is 10.0. The zero-order valence-electron chi connectivity index (χ0n) is 24.0. The van der Waals surface area contributed by atoms with Crippen LogP contribution in [0.5, 0.6) is 5.75 Å². The van der Waals surface area contributed by atoms with E-state index in [1.807, 2.05) is 12.1 Å². The van der Waals surface area contributed by atoms with Crippen LogP contribution < -0.4 is 20.7 Å². The Morgan fingerprint density at radius 1 is 0.833 bits per heavy atom. The minimum absolute atomic E-state index is 0.212. The summed E-state index contributed by atoms with van der Waals surface area (Å²) < 4.78 is 27.9. The van der Waals surface area contributed by atoms with Gasteiger partial charge in [0.2, 0.25) is 13.2 Å². The molecule has 0 bridgehead atoms. The van der Waals surface area contributed by atoms with Crippen molar-refractivity contribution in [1.29, 1.82) is 0 Å². The molecule has 0 heterocycles. The molecule has 0 spiro atoms. The molecule has 0 saturated carbocycles. The van der Waals surface area contributed by atoms with Gasteiger partial charge in [0.05, 0.1) is 19.6 Å². The summed E-state index contributed by atoms with van der Waals surface area (Å²) in [5, 5.41) is 4.23. The number of hydrogen-bond donors (Lipinski definition) is 1. The standard InChI is InChI=1S/C33H34ClN2O5P/c1-33(2,3)41-32(38)36(42(39,28-11-7-5-8-12-28)29-13-9-6-10-14-29)30(24-15-17-25(34)18-16-24)23-31(37)35-26-19-21-27(40-4)22-20-26/h5-22,30H,23H2,1-4H3,(H,35,37). The fraction of sp³-hybridized carbons (Fsp3) is 0.212. The highest BCUT2D eigenvalue weighted by Crippen LogP contribution is 2.53. The third kappa shape index (κ3) is 7.41. The van der Waals surface area contributed by atoms with Crippen molar-refractivity contribution in [2.75, 3.05) is 12.4 Å². The van der Waals surface area contributed by atoms with E-state index in [4.69, 9.17) is 21.1 Å². The number of nitrogens with zero attached hydrogens (tertiary/aromatic N) is 1.